The number of carbonyl (C=O) groups is 1. The number of aliphatic imine (C=N–C) groups is 1. The monoisotopic (exact) mass is 530 g/mol. The van der Waals surface area contributed by atoms with E-state index in [9.17, 15) is 10.1 Å². The van der Waals surface area contributed by atoms with Crippen molar-refractivity contribution in [3.05, 3.63) is 63.0 Å². The number of benzene rings is 1. The standard InChI is InChI=1S/C28H34N8OS/c1-18-19(2)38-28-25(18)26(22-8-6-21(17-29)7-9-22)31-23(27-33-32-20(3)36(27)28)16-24(37)30-10-5-11-35-14-12-34(4)13-15-35/h6-9,23H,5,10-16H2,1-4H3,(H,30,37)/t23-/m0/s1. The van der Waals surface area contributed by atoms with E-state index in [1.54, 1.807) is 11.3 Å². The number of carbonyl (C=O) groups excluding carboxylic acids is 1. The fourth-order valence-corrected chi connectivity index (χ4v) is 6.29. The van der Waals surface area contributed by atoms with Crippen molar-refractivity contribution < 1.29 is 4.79 Å². The third-order valence-corrected chi connectivity index (χ3v) is 8.67. The van der Waals surface area contributed by atoms with E-state index >= 15 is 0 Å². The molecule has 0 aliphatic carbocycles. The second kappa shape index (κ2) is 11.2. The minimum Gasteiger partial charge on any atom is -0.356 e. The van der Waals surface area contributed by atoms with Crippen LogP contribution in [0, 0.1) is 32.1 Å². The highest BCUT2D eigenvalue weighted by molar-refractivity contribution is 7.15. The summed E-state index contributed by atoms with van der Waals surface area (Å²) in [5, 5.41) is 22.3. The summed E-state index contributed by atoms with van der Waals surface area (Å²) in [6.45, 7) is 12.1. The largest absolute Gasteiger partial charge is 0.356 e. The molecule has 1 atom stereocenters. The zero-order valence-electron chi connectivity index (χ0n) is 22.5. The number of thiophene rings is 1. The molecule has 1 amide bonds. The second-order valence-electron chi connectivity index (χ2n) is 10.1. The molecule has 2 aliphatic heterocycles. The number of amides is 1. The van der Waals surface area contributed by atoms with Crippen molar-refractivity contribution in [3.8, 4) is 11.1 Å². The number of piperazine rings is 1. The third kappa shape index (κ3) is 5.27. The molecule has 10 heteroatoms. The van der Waals surface area contributed by atoms with Crippen molar-refractivity contribution >= 4 is 23.0 Å². The summed E-state index contributed by atoms with van der Waals surface area (Å²) in [5.41, 5.74) is 4.53. The zero-order valence-corrected chi connectivity index (χ0v) is 23.3. The van der Waals surface area contributed by atoms with E-state index in [1.165, 1.54) is 4.88 Å². The molecule has 0 radical (unpaired) electrons. The highest BCUT2D eigenvalue weighted by atomic mass is 32.1. The molecule has 0 saturated carbocycles. The summed E-state index contributed by atoms with van der Waals surface area (Å²) in [4.78, 5) is 24.3. The number of fused-ring (bicyclic) bond motifs is 3. The smallest absolute Gasteiger partial charge is 0.222 e. The minimum atomic E-state index is -0.473. The average Bonchev–Trinajstić information content (AvgIpc) is 3.39. The maximum Gasteiger partial charge on any atom is 0.222 e. The van der Waals surface area contributed by atoms with E-state index in [2.05, 4.69) is 56.8 Å². The maximum absolute atomic E-state index is 13.1. The van der Waals surface area contributed by atoms with Gasteiger partial charge in [0.1, 0.15) is 16.9 Å². The summed E-state index contributed by atoms with van der Waals surface area (Å²) >= 11 is 1.69. The summed E-state index contributed by atoms with van der Waals surface area (Å²) in [6.07, 6.45) is 1.12. The van der Waals surface area contributed by atoms with Crippen LogP contribution in [-0.4, -0.2) is 82.5 Å². The molecule has 2 aromatic heterocycles. The van der Waals surface area contributed by atoms with E-state index in [0.29, 0.717) is 17.9 Å². The fourth-order valence-electron chi connectivity index (χ4n) is 5.08. The van der Waals surface area contributed by atoms with Gasteiger partial charge in [-0.2, -0.15) is 5.26 Å². The van der Waals surface area contributed by atoms with E-state index in [0.717, 1.165) is 72.4 Å². The van der Waals surface area contributed by atoms with Gasteiger partial charge in [0.15, 0.2) is 5.82 Å². The number of nitrogens with one attached hydrogen (secondary N) is 1. The van der Waals surface area contributed by atoms with Gasteiger partial charge in [0.05, 0.1) is 23.8 Å². The van der Waals surface area contributed by atoms with Gasteiger partial charge in [0, 0.05) is 48.7 Å². The Kier molecular flexibility index (Phi) is 7.70. The molecule has 0 bridgehead atoms. The number of hydrogen-bond acceptors (Lipinski definition) is 8. The quantitative estimate of drug-likeness (QED) is 0.471. The Morgan fingerprint density at radius 1 is 1.13 bits per heavy atom. The van der Waals surface area contributed by atoms with E-state index in [4.69, 9.17) is 4.99 Å². The molecule has 38 heavy (non-hydrogen) atoms. The van der Waals surface area contributed by atoms with Crippen LogP contribution in [0.25, 0.3) is 5.00 Å². The normalized spacial score (nSPS) is 17.8. The third-order valence-electron chi connectivity index (χ3n) is 7.47. The van der Waals surface area contributed by atoms with Gasteiger partial charge >= 0.3 is 0 Å². The van der Waals surface area contributed by atoms with Crippen LogP contribution < -0.4 is 5.32 Å². The molecule has 9 nitrogen and oxygen atoms in total. The van der Waals surface area contributed by atoms with Gasteiger partial charge < -0.3 is 15.1 Å². The summed E-state index contributed by atoms with van der Waals surface area (Å²) in [5.74, 6) is 1.42. The number of rotatable bonds is 7. The van der Waals surface area contributed by atoms with Gasteiger partial charge in [-0.15, -0.1) is 21.5 Å². The number of hydrogen-bond donors (Lipinski definition) is 1. The molecule has 0 unspecified atom stereocenters. The van der Waals surface area contributed by atoms with Crippen LogP contribution in [0.1, 0.15) is 57.7 Å². The van der Waals surface area contributed by atoms with Gasteiger partial charge in [-0.3, -0.25) is 14.4 Å². The number of nitriles is 1. The van der Waals surface area contributed by atoms with Crippen molar-refractivity contribution in [3.63, 3.8) is 0 Å². The summed E-state index contributed by atoms with van der Waals surface area (Å²) in [6, 6.07) is 9.20. The van der Waals surface area contributed by atoms with Crippen molar-refractivity contribution in [2.24, 2.45) is 4.99 Å². The lowest BCUT2D eigenvalue weighted by Gasteiger charge is -2.32. The first-order valence-electron chi connectivity index (χ1n) is 13.1. The van der Waals surface area contributed by atoms with Gasteiger partial charge in [0.2, 0.25) is 5.91 Å². The minimum absolute atomic E-state index is 0.0401. The van der Waals surface area contributed by atoms with Crippen LogP contribution in [0.2, 0.25) is 0 Å². The predicted octanol–water partition coefficient (Wildman–Crippen LogP) is 3.16. The van der Waals surface area contributed by atoms with Crippen LogP contribution in [0.3, 0.4) is 0 Å². The molecule has 1 saturated heterocycles. The SMILES string of the molecule is Cc1sc2c(c1C)C(c1ccc(C#N)cc1)=N[C@@H](CC(=O)NCCCN1CCN(C)CC1)c1nnc(C)n1-2. The first-order valence-corrected chi connectivity index (χ1v) is 14.0. The Labute approximate surface area is 227 Å². The van der Waals surface area contributed by atoms with Crippen LogP contribution >= 0.6 is 11.3 Å². The van der Waals surface area contributed by atoms with Crippen molar-refractivity contribution in [1.82, 2.24) is 29.9 Å². The van der Waals surface area contributed by atoms with Crippen molar-refractivity contribution in [2.45, 2.75) is 39.7 Å². The van der Waals surface area contributed by atoms with E-state index in [-0.39, 0.29) is 12.3 Å². The molecule has 3 aromatic rings. The van der Waals surface area contributed by atoms with Gasteiger partial charge in [-0.05, 0) is 58.5 Å². The molecule has 2 aliphatic rings. The lowest BCUT2D eigenvalue weighted by atomic mass is 9.99. The molecule has 198 valence electrons. The summed E-state index contributed by atoms with van der Waals surface area (Å²) in [7, 11) is 2.16. The Bertz CT molecular complexity index is 1390. The molecular weight excluding hydrogens is 496 g/mol. The van der Waals surface area contributed by atoms with Crippen molar-refractivity contribution in [1.29, 1.82) is 5.26 Å². The number of likely N-dealkylation sites (N-methyl/N-ethyl adjacent to an activating group) is 1. The maximum atomic E-state index is 13.1. The molecule has 5 rings (SSSR count). The Hall–Kier alpha value is -3.39. The lowest BCUT2D eigenvalue weighted by molar-refractivity contribution is -0.121. The Morgan fingerprint density at radius 3 is 2.58 bits per heavy atom. The van der Waals surface area contributed by atoms with Crippen molar-refractivity contribution in [2.75, 3.05) is 46.3 Å². The first-order chi connectivity index (χ1) is 18.4. The number of aryl methyl sites for hydroxylation is 2. The molecule has 1 aromatic carbocycles. The highest BCUT2D eigenvalue weighted by Gasteiger charge is 2.32. The molecule has 0 spiro atoms. The van der Waals surface area contributed by atoms with Crippen LogP contribution in [0.5, 0.6) is 0 Å². The molecule has 4 heterocycles. The Balaban J connectivity index is 1.39. The Morgan fingerprint density at radius 2 is 1.87 bits per heavy atom. The fraction of sp³-hybridized carbons (Fsp3) is 0.464. The molecule has 1 fully saturated rings. The second-order valence-corrected chi connectivity index (χ2v) is 11.3. The number of aromatic nitrogens is 3. The summed E-state index contributed by atoms with van der Waals surface area (Å²) < 4.78 is 2.06. The molecule has 1 N–H and O–H groups in total. The van der Waals surface area contributed by atoms with E-state index in [1.807, 2.05) is 31.2 Å². The van der Waals surface area contributed by atoms with Crippen LogP contribution in [-0.2, 0) is 4.79 Å². The number of nitrogens with zero attached hydrogens (tertiary/aromatic N) is 7. The zero-order chi connectivity index (χ0) is 26.8. The van der Waals surface area contributed by atoms with Crippen LogP contribution in [0.15, 0.2) is 29.3 Å². The highest BCUT2D eigenvalue weighted by Crippen LogP contribution is 2.39. The lowest BCUT2D eigenvalue weighted by Crippen LogP contribution is -2.45. The van der Waals surface area contributed by atoms with Gasteiger partial charge in [-0.25, -0.2) is 0 Å². The molecular formula is C28H34N8OS. The average molecular weight is 531 g/mol. The van der Waals surface area contributed by atoms with Gasteiger partial charge in [-0.1, -0.05) is 12.1 Å². The topological polar surface area (TPSA) is 102 Å². The van der Waals surface area contributed by atoms with E-state index < -0.39 is 6.04 Å². The van der Waals surface area contributed by atoms with Gasteiger partial charge in [0.25, 0.3) is 0 Å². The predicted molar refractivity (Wildman–Crippen MR) is 149 cm³/mol. The van der Waals surface area contributed by atoms with Crippen LogP contribution in [0.4, 0.5) is 0 Å². The first kappa shape index (κ1) is 26.2.